The summed E-state index contributed by atoms with van der Waals surface area (Å²) < 4.78 is 5.84. The van der Waals surface area contributed by atoms with Crippen LogP contribution in [0.4, 0.5) is 11.4 Å². The number of benzene rings is 3. The highest BCUT2D eigenvalue weighted by Crippen LogP contribution is 2.25. The molecule has 0 saturated heterocycles. The first-order chi connectivity index (χ1) is 19.3. The van der Waals surface area contributed by atoms with Crippen LogP contribution in [-0.4, -0.2) is 63.7 Å². The Bertz CT molecular complexity index is 1240. The number of para-hydroxylation sites is 1. The van der Waals surface area contributed by atoms with Crippen molar-refractivity contribution in [2.45, 2.75) is 39.2 Å². The van der Waals surface area contributed by atoms with Crippen molar-refractivity contribution in [3.05, 3.63) is 89.5 Å². The molecule has 0 aliphatic rings. The number of nitrogens with zero attached hydrogens (tertiary/aromatic N) is 3. The Hall–Kier alpha value is -3.77. The van der Waals surface area contributed by atoms with Crippen LogP contribution in [0, 0.1) is 0 Å². The number of rotatable bonds is 16. The fraction of sp³-hybridized carbons (Fsp3) is 0.382. The van der Waals surface area contributed by atoms with Crippen LogP contribution in [0.3, 0.4) is 0 Å². The van der Waals surface area contributed by atoms with Crippen LogP contribution >= 0.6 is 0 Å². The summed E-state index contributed by atoms with van der Waals surface area (Å²) in [7, 11) is 8.16. The van der Waals surface area contributed by atoms with E-state index in [0.717, 1.165) is 56.6 Å². The molecular weight excluding hydrogens is 498 g/mol. The molecule has 6 heteroatoms. The van der Waals surface area contributed by atoms with E-state index in [1.54, 1.807) is 18.2 Å². The van der Waals surface area contributed by atoms with Gasteiger partial charge in [-0.15, -0.1) is 0 Å². The maximum absolute atomic E-state index is 12.6. The Labute approximate surface area is 240 Å². The van der Waals surface area contributed by atoms with Crippen LogP contribution < -0.4 is 14.5 Å². The first kappa shape index (κ1) is 30.8. The summed E-state index contributed by atoms with van der Waals surface area (Å²) in [4.78, 5) is 19.3. The molecule has 1 N–H and O–H groups in total. The number of ether oxygens (including phenoxy) is 1. The number of phenols is 1. The van der Waals surface area contributed by atoms with E-state index in [9.17, 15) is 9.90 Å². The van der Waals surface area contributed by atoms with Gasteiger partial charge in [0.2, 0.25) is 0 Å². The summed E-state index contributed by atoms with van der Waals surface area (Å²) in [6, 6.07) is 21.4. The van der Waals surface area contributed by atoms with Gasteiger partial charge < -0.3 is 19.6 Å². The molecule has 214 valence electrons. The van der Waals surface area contributed by atoms with Crippen LogP contribution in [0.25, 0.3) is 6.08 Å². The van der Waals surface area contributed by atoms with Crippen molar-refractivity contribution in [2.75, 3.05) is 57.7 Å². The first-order valence-electron chi connectivity index (χ1n) is 14.2. The van der Waals surface area contributed by atoms with E-state index in [1.165, 1.54) is 23.4 Å². The second kappa shape index (κ2) is 15.7. The lowest BCUT2D eigenvalue weighted by Crippen LogP contribution is -2.25. The van der Waals surface area contributed by atoms with E-state index in [4.69, 9.17) is 4.74 Å². The molecule has 0 atom stereocenters. The zero-order chi connectivity index (χ0) is 28.9. The van der Waals surface area contributed by atoms with Crippen molar-refractivity contribution in [3.63, 3.8) is 0 Å². The molecule has 0 aromatic heterocycles. The SMILES string of the molecule is CCN(CCCCCCOc1ccc(C(=O)/C=C/c2ccc(N(C)C)cc2)c(O)c1)Cc1ccccc1N(C)C. The van der Waals surface area contributed by atoms with E-state index < -0.39 is 0 Å². The average molecular weight is 544 g/mol. The van der Waals surface area contributed by atoms with Crippen molar-refractivity contribution in [1.82, 2.24) is 4.90 Å². The Morgan fingerprint density at radius 3 is 2.27 bits per heavy atom. The lowest BCUT2D eigenvalue weighted by molar-refractivity contribution is 0.104. The molecule has 3 rings (SSSR count). The van der Waals surface area contributed by atoms with Crippen molar-refractivity contribution >= 4 is 23.2 Å². The second-order valence-electron chi connectivity index (χ2n) is 10.5. The molecule has 0 saturated carbocycles. The zero-order valence-electron chi connectivity index (χ0n) is 24.8. The van der Waals surface area contributed by atoms with E-state index in [2.05, 4.69) is 55.1 Å². The van der Waals surface area contributed by atoms with Gasteiger partial charge >= 0.3 is 0 Å². The topological polar surface area (TPSA) is 56.3 Å². The number of ketones is 1. The number of phenolic OH excluding ortho intramolecular Hbond substituents is 1. The monoisotopic (exact) mass is 543 g/mol. The molecule has 0 unspecified atom stereocenters. The molecule has 0 amide bonds. The summed E-state index contributed by atoms with van der Waals surface area (Å²) >= 11 is 0. The van der Waals surface area contributed by atoms with Crippen molar-refractivity contribution in [2.24, 2.45) is 0 Å². The second-order valence-corrected chi connectivity index (χ2v) is 10.5. The third kappa shape index (κ3) is 9.45. The highest BCUT2D eigenvalue weighted by atomic mass is 16.5. The summed E-state index contributed by atoms with van der Waals surface area (Å²) in [6.45, 7) is 5.89. The predicted molar refractivity (Wildman–Crippen MR) is 168 cm³/mol. The van der Waals surface area contributed by atoms with Gasteiger partial charge in [0, 0.05) is 52.2 Å². The number of hydrogen-bond acceptors (Lipinski definition) is 6. The number of carbonyl (C=O) groups is 1. The number of anilines is 2. The van der Waals surface area contributed by atoms with Gasteiger partial charge in [-0.25, -0.2) is 0 Å². The molecule has 0 radical (unpaired) electrons. The van der Waals surface area contributed by atoms with Gasteiger partial charge in [0.15, 0.2) is 5.78 Å². The zero-order valence-corrected chi connectivity index (χ0v) is 24.8. The van der Waals surface area contributed by atoms with E-state index in [-0.39, 0.29) is 17.1 Å². The number of hydrogen-bond donors (Lipinski definition) is 1. The molecule has 0 aliphatic carbocycles. The molecule has 3 aromatic rings. The highest BCUT2D eigenvalue weighted by Gasteiger charge is 2.11. The quantitative estimate of drug-likeness (QED) is 0.121. The van der Waals surface area contributed by atoms with Crippen LogP contribution in [-0.2, 0) is 6.54 Å². The Kier molecular flexibility index (Phi) is 12.1. The van der Waals surface area contributed by atoms with Gasteiger partial charge in [-0.1, -0.05) is 56.2 Å². The van der Waals surface area contributed by atoms with Gasteiger partial charge in [0.1, 0.15) is 11.5 Å². The fourth-order valence-corrected chi connectivity index (χ4v) is 4.61. The Balaban J connectivity index is 1.37. The normalized spacial score (nSPS) is 11.2. The van der Waals surface area contributed by atoms with E-state index in [1.807, 2.05) is 43.3 Å². The van der Waals surface area contributed by atoms with Crippen molar-refractivity contribution in [1.29, 1.82) is 0 Å². The maximum atomic E-state index is 12.6. The van der Waals surface area contributed by atoms with Gasteiger partial charge in [0.25, 0.3) is 0 Å². The first-order valence-corrected chi connectivity index (χ1v) is 14.2. The number of carbonyl (C=O) groups excluding carboxylic acids is 1. The van der Waals surface area contributed by atoms with Gasteiger partial charge in [-0.2, -0.15) is 0 Å². The van der Waals surface area contributed by atoms with E-state index in [0.29, 0.717) is 12.4 Å². The van der Waals surface area contributed by atoms with Crippen LogP contribution in [0.2, 0.25) is 0 Å². The number of allylic oxidation sites excluding steroid dienone is 1. The highest BCUT2D eigenvalue weighted by molar-refractivity contribution is 6.08. The Morgan fingerprint density at radius 2 is 1.60 bits per heavy atom. The predicted octanol–water partition coefficient (Wildman–Crippen LogP) is 6.88. The van der Waals surface area contributed by atoms with Gasteiger partial charge in [-0.3, -0.25) is 9.69 Å². The third-order valence-corrected chi connectivity index (χ3v) is 7.02. The Morgan fingerprint density at radius 1 is 0.875 bits per heavy atom. The molecule has 3 aromatic carbocycles. The minimum Gasteiger partial charge on any atom is -0.507 e. The number of aromatic hydroxyl groups is 1. The molecular formula is C34H45N3O3. The molecule has 40 heavy (non-hydrogen) atoms. The summed E-state index contributed by atoms with van der Waals surface area (Å²) in [6.07, 6.45) is 7.59. The van der Waals surface area contributed by atoms with E-state index >= 15 is 0 Å². The summed E-state index contributed by atoms with van der Waals surface area (Å²) in [5, 5.41) is 10.4. The minimum atomic E-state index is -0.243. The third-order valence-electron chi connectivity index (χ3n) is 7.02. The smallest absolute Gasteiger partial charge is 0.189 e. The van der Waals surface area contributed by atoms with Crippen molar-refractivity contribution < 1.29 is 14.6 Å². The van der Waals surface area contributed by atoms with Crippen LogP contribution in [0.15, 0.2) is 72.8 Å². The molecule has 0 heterocycles. The molecule has 0 fully saturated rings. The molecule has 0 bridgehead atoms. The molecule has 6 nitrogen and oxygen atoms in total. The lowest BCUT2D eigenvalue weighted by atomic mass is 10.1. The summed E-state index contributed by atoms with van der Waals surface area (Å²) in [5.74, 6) is 0.270. The summed E-state index contributed by atoms with van der Waals surface area (Å²) in [5.41, 5.74) is 4.93. The minimum absolute atomic E-state index is 0.0643. The number of unbranched alkanes of at least 4 members (excludes halogenated alkanes) is 3. The molecule has 0 spiro atoms. The van der Waals surface area contributed by atoms with Crippen molar-refractivity contribution in [3.8, 4) is 11.5 Å². The maximum Gasteiger partial charge on any atom is 0.189 e. The molecule has 0 aliphatic heterocycles. The van der Waals surface area contributed by atoms with Gasteiger partial charge in [0.05, 0.1) is 12.2 Å². The standard InChI is InChI=1S/C34H45N3O3/c1-6-37(26-28-13-9-10-14-32(28)36(4)5)23-11-7-8-12-24-40-30-20-21-31(34(39)25-30)33(38)22-17-27-15-18-29(19-16-27)35(2)3/h9-10,13-22,25,39H,6-8,11-12,23-24,26H2,1-5H3/b22-17+. The fourth-order valence-electron chi connectivity index (χ4n) is 4.61. The van der Waals surface area contributed by atoms with Crippen LogP contribution in [0.1, 0.15) is 54.1 Å². The van der Waals surface area contributed by atoms with Gasteiger partial charge in [-0.05, 0) is 73.5 Å². The largest absolute Gasteiger partial charge is 0.507 e. The lowest BCUT2D eigenvalue weighted by Gasteiger charge is -2.24. The van der Waals surface area contributed by atoms with Crippen LogP contribution in [0.5, 0.6) is 11.5 Å². The average Bonchev–Trinajstić information content (AvgIpc) is 2.95.